The highest BCUT2D eigenvalue weighted by Gasteiger charge is 2.20. The van der Waals surface area contributed by atoms with Crippen LogP contribution in [-0.4, -0.2) is 40.0 Å². The lowest BCUT2D eigenvalue weighted by Gasteiger charge is -2.32. The number of carbonyl (C=O) groups is 1. The summed E-state index contributed by atoms with van der Waals surface area (Å²) < 4.78 is 15.4. The summed E-state index contributed by atoms with van der Waals surface area (Å²) in [7, 11) is 0. The smallest absolute Gasteiger partial charge is 0.221 e. The van der Waals surface area contributed by atoms with E-state index in [-0.39, 0.29) is 11.7 Å². The zero-order valence-corrected chi connectivity index (χ0v) is 16.8. The van der Waals surface area contributed by atoms with Gasteiger partial charge in [0.15, 0.2) is 0 Å². The fourth-order valence-corrected chi connectivity index (χ4v) is 4.24. The Hall–Kier alpha value is -2.73. The summed E-state index contributed by atoms with van der Waals surface area (Å²) in [5.41, 5.74) is 3.90. The van der Waals surface area contributed by atoms with Crippen LogP contribution >= 0.6 is 0 Å². The van der Waals surface area contributed by atoms with Crippen LogP contribution in [0, 0.1) is 5.82 Å². The maximum Gasteiger partial charge on any atom is 0.221 e. The van der Waals surface area contributed by atoms with Gasteiger partial charge in [0.2, 0.25) is 5.91 Å². The highest BCUT2D eigenvalue weighted by atomic mass is 19.1. The van der Waals surface area contributed by atoms with E-state index in [1.807, 2.05) is 12.1 Å². The van der Waals surface area contributed by atoms with Gasteiger partial charge >= 0.3 is 0 Å². The molecule has 1 saturated heterocycles. The summed E-state index contributed by atoms with van der Waals surface area (Å²) in [5, 5.41) is 2.87. The zero-order valence-electron chi connectivity index (χ0n) is 16.8. The quantitative estimate of drug-likeness (QED) is 0.674. The largest absolute Gasteiger partial charge is 0.331 e. The maximum atomic E-state index is 13.3. The standard InChI is InChI=1S/C23H27FN4O/c1-17(29)26-21-5-2-4-19(14-21)18-8-12-27(13-9-18)10-3-11-28-16-25-22-15-20(24)6-7-23(22)28/h2,4-7,14-16,18H,3,8-13H2,1H3,(H,26,29). The fraction of sp³-hybridized carbons (Fsp3) is 0.391. The molecule has 0 radical (unpaired) electrons. The second-order valence-electron chi connectivity index (χ2n) is 7.85. The Morgan fingerprint density at radius 3 is 2.79 bits per heavy atom. The molecular weight excluding hydrogens is 367 g/mol. The molecule has 1 aromatic heterocycles. The van der Waals surface area contributed by atoms with Crippen molar-refractivity contribution in [3.05, 3.63) is 60.2 Å². The van der Waals surface area contributed by atoms with Gasteiger partial charge in [0.1, 0.15) is 5.82 Å². The number of nitrogens with zero attached hydrogens (tertiary/aromatic N) is 3. The molecule has 0 aliphatic carbocycles. The fourth-order valence-electron chi connectivity index (χ4n) is 4.24. The van der Waals surface area contributed by atoms with Crippen LogP contribution in [0.2, 0.25) is 0 Å². The van der Waals surface area contributed by atoms with Crippen LogP contribution in [0.25, 0.3) is 11.0 Å². The van der Waals surface area contributed by atoms with Crippen molar-refractivity contribution in [1.82, 2.24) is 14.5 Å². The Labute approximate surface area is 170 Å². The van der Waals surface area contributed by atoms with Gasteiger partial charge < -0.3 is 14.8 Å². The van der Waals surface area contributed by atoms with Crippen LogP contribution in [0.5, 0.6) is 0 Å². The van der Waals surface area contributed by atoms with E-state index in [1.54, 1.807) is 12.4 Å². The number of rotatable bonds is 6. The maximum absolute atomic E-state index is 13.3. The molecule has 4 rings (SSSR count). The predicted octanol–water partition coefficient (Wildman–Crippen LogP) is 4.40. The molecule has 152 valence electrons. The summed E-state index contributed by atoms with van der Waals surface area (Å²) in [6.45, 7) is 5.66. The first kappa shape index (κ1) is 19.6. The van der Waals surface area contributed by atoms with Crippen molar-refractivity contribution in [1.29, 1.82) is 0 Å². The average Bonchev–Trinajstić information content (AvgIpc) is 3.10. The van der Waals surface area contributed by atoms with E-state index >= 15 is 0 Å². The van der Waals surface area contributed by atoms with Crippen molar-refractivity contribution < 1.29 is 9.18 Å². The highest BCUT2D eigenvalue weighted by molar-refractivity contribution is 5.88. The molecule has 1 aliphatic heterocycles. The van der Waals surface area contributed by atoms with E-state index in [9.17, 15) is 9.18 Å². The minimum absolute atomic E-state index is 0.0345. The number of piperidine rings is 1. The number of imidazole rings is 1. The van der Waals surface area contributed by atoms with E-state index < -0.39 is 0 Å². The van der Waals surface area contributed by atoms with Crippen LogP contribution in [-0.2, 0) is 11.3 Å². The summed E-state index contributed by atoms with van der Waals surface area (Å²) in [5.74, 6) is 0.272. The Morgan fingerprint density at radius 2 is 2.00 bits per heavy atom. The number of fused-ring (bicyclic) bond motifs is 1. The number of hydrogen-bond acceptors (Lipinski definition) is 3. The molecule has 1 amide bonds. The van der Waals surface area contributed by atoms with E-state index in [0.29, 0.717) is 11.4 Å². The molecule has 0 unspecified atom stereocenters. The lowest BCUT2D eigenvalue weighted by atomic mass is 9.89. The topological polar surface area (TPSA) is 50.2 Å². The van der Waals surface area contributed by atoms with Crippen LogP contribution in [0.15, 0.2) is 48.8 Å². The molecule has 1 aliphatic rings. The van der Waals surface area contributed by atoms with Gasteiger partial charge in [0.25, 0.3) is 0 Å². The van der Waals surface area contributed by atoms with Crippen molar-refractivity contribution in [3.63, 3.8) is 0 Å². The third-order valence-electron chi connectivity index (χ3n) is 5.72. The molecule has 0 spiro atoms. The lowest BCUT2D eigenvalue weighted by Crippen LogP contribution is -2.34. The molecule has 0 saturated carbocycles. The number of aryl methyl sites for hydroxylation is 1. The molecule has 0 atom stereocenters. The van der Waals surface area contributed by atoms with E-state index in [1.165, 1.54) is 24.6 Å². The van der Waals surface area contributed by atoms with Crippen molar-refractivity contribution in [2.24, 2.45) is 0 Å². The third kappa shape index (κ3) is 4.82. The van der Waals surface area contributed by atoms with Gasteiger partial charge in [-0.25, -0.2) is 9.37 Å². The first-order chi connectivity index (χ1) is 14.1. The SMILES string of the molecule is CC(=O)Nc1cccc(C2CCN(CCCn3cnc4cc(F)ccc43)CC2)c1. The second kappa shape index (κ2) is 8.74. The Balaban J connectivity index is 1.26. The number of nitrogens with one attached hydrogen (secondary N) is 1. The van der Waals surface area contributed by atoms with Crippen molar-refractivity contribution in [3.8, 4) is 0 Å². The summed E-state index contributed by atoms with van der Waals surface area (Å²) in [4.78, 5) is 18.1. The number of carbonyl (C=O) groups excluding carboxylic acids is 1. The van der Waals surface area contributed by atoms with Crippen LogP contribution < -0.4 is 5.32 Å². The predicted molar refractivity (Wildman–Crippen MR) is 113 cm³/mol. The molecule has 2 aromatic carbocycles. The molecule has 1 N–H and O–H groups in total. The van der Waals surface area contributed by atoms with Gasteiger partial charge in [-0.3, -0.25) is 4.79 Å². The number of hydrogen-bond donors (Lipinski definition) is 1. The molecule has 3 aromatic rings. The molecule has 29 heavy (non-hydrogen) atoms. The van der Waals surface area contributed by atoms with Crippen LogP contribution in [0.4, 0.5) is 10.1 Å². The Morgan fingerprint density at radius 1 is 1.17 bits per heavy atom. The summed E-state index contributed by atoms with van der Waals surface area (Å²) in [6, 6.07) is 13.0. The molecule has 5 nitrogen and oxygen atoms in total. The number of halogens is 1. The van der Waals surface area contributed by atoms with Gasteiger partial charge in [-0.1, -0.05) is 12.1 Å². The molecule has 6 heteroatoms. The first-order valence-electron chi connectivity index (χ1n) is 10.3. The number of anilines is 1. The van der Waals surface area contributed by atoms with Gasteiger partial charge in [-0.05, 0) is 74.6 Å². The monoisotopic (exact) mass is 394 g/mol. The summed E-state index contributed by atoms with van der Waals surface area (Å²) in [6.07, 6.45) is 5.12. The molecule has 0 bridgehead atoms. The number of likely N-dealkylation sites (tertiary alicyclic amines) is 1. The van der Waals surface area contributed by atoms with Crippen molar-refractivity contribution >= 4 is 22.6 Å². The molecule has 1 fully saturated rings. The second-order valence-corrected chi connectivity index (χ2v) is 7.85. The molecule has 2 heterocycles. The van der Waals surface area contributed by atoms with E-state index in [4.69, 9.17) is 0 Å². The van der Waals surface area contributed by atoms with Gasteiger partial charge in [0.05, 0.1) is 17.4 Å². The minimum Gasteiger partial charge on any atom is -0.331 e. The average molecular weight is 394 g/mol. The lowest BCUT2D eigenvalue weighted by molar-refractivity contribution is -0.114. The minimum atomic E-state index is -0.242. The first-order valence-corrected chi connectivity index (χ1v) is 10.3. The van der Waals surface area contributed by atoms with Crippen molar-refractivity contribution in [2.75, 3.05) is 25.0 Å². The third-order valence-corrected chi connectivity index (χ3v) is 5.72. The van der Waals surface area contributed by atoms with E-state index in [2.05, 4.69) is 31.9 Å². The van der Waals surface area contributed by atoms with E-state index in [0.717, 1.165) is 56.6 Å². The van der Waals surface area contributed by atoms with Crippen LogP contribution in [0.3, 0.4) is 0 Å². The van der Waals surface area contributed by atoms with Gasteiger partial charge in [-0.2, -0.15) is 0 Å². The van der Waals surface area contributed by atoms with Gasteiger partial charge in [-0.15, -0.1) is 0 Å². The number of aromatic nitrogens is 2. The Kier molecular flexibility index (Phi) is 5.90. The van der Waals surface area contributed by atoms with Gasteiger partial charge in [0, 0.05) is 25.2 Å². The number of benzene rings is 2. The van der Waals surface area contributed by atoms with Crippen molar-refractivity contribution in [2.45, 2.75) is 38.6 Å². The Bertz CT molecular complexity index is 991. The zero-order chi connectivity index (χ0) is 20.2. The van der Waals surface area contributed by atoms with Crippen LogP contribution in [0.1, 0.15) is 37.7 Å². The normalized spacial score (nSPS) is 15.7. The number of amides is 1. The molecular formula is C23H27FN4O. The highest BCUT2D eigenvalue weighted by Crippen LogP contribution is 2.29. The summed E-state index contributed by atoms with van der Waals surface area (Å²) >= 11 is 0.